The van der Waals surface area contributed by atoms with Crippen LogP contribution < -0.4 is 5.73 Å². The zero-order valence-corrected chi connectivity index (χ0v) is 10.1. The fourth-order valence-corrected chi connectivity index (χ4v) is 1.81. The third-order valence-electron chi connectivity index (χ3n) is 2.35. The van der Waals surface area contributed by atoms with Crippen molar-refractivity contribution in [2.75, 3.05) is 5.73 Å². The van der Waals surface area contributed by atoms with Crippen LogP contribution in [0.5, 0.6) is 0 Å². The van der Waals surface area contributed by atoms with E-state index in [9.17, 15) is 0 Å². The molecule has 0 aromatic carbocycles. The number of nitrogens with two attached hydrogens (primary N) is 1. The van der Waals surface area contributed by atoms with Crippen molar-refractivity contribution in [1.82, 2.24) is 19.6 Å². The summed E-state index contributed by atoms with van der Waals surface area (Å²) in [6.07, 6.45) is 1.72. The van der Waals surface area contributed by atoms with Gasteiger partial charge in [0.25, 0.3) is 0 Å². The second-order valence-corrected chi connectivity index (χ2v) is 4.06. The lowest BCUT2D eigenvalue weighted by Crippen LogP contribution is -2.08. The molecule has 0 atom stereocenters. The first-order chi connectivity index (χ1) is 7.60. The molecular weight excluding hydrogens is 226 g/mol. The summed E-state index contributed by atoms with van der Waals surface area (Å²) in [4.78, 5) is 0. The van der Waals surface area contributed by atoms with Gasteiger partial charge in [-0.05, 0) is 19.9 Å². The Hall–Kier alpha value is -1.49. The Kier molecular flexibility index (Phi) is 2.87. The predicted molar refractivity (Wildman–Crippen MR) is 63.4 cm³/mol. The zero-order valence-electron chi connectivity index (χ0n) is 9.31. The topological polar surface area (TPSA) is 61.7 Å². The Morgan fingerprint density at radius 1 is 1.44 bits per heavy atom. The Morgan fingerprint density at radius 2 is 2.19 bits per heavy atom. The van der Waals surface area contributed by atoms with Crippen molar-refractivity contribution >= 4 is 17.4 Å². The Morgan fingerprint density at radius 3 is 2.75 bits per heavy atom. The minimum atomic E-state index is 0.362. The lowest BCUT2D eigenvalue weighted by atomic mass is 10.3. The van der Waals surface area contributed by atoms with Gasteiger partial charge in [0.2, 0.25) is 0 Å². The van der Waals surface area contributed by atoms with E-state index in [1.165, 1.54) is 0 Å². The highest BCUT2D eigenvalue weighted by Crippen LogP contribution is 2.16. The summed E-state index contributed by atoms with van der Waals surface area (Å²) in [6, 6.07) is 2.04. The summed E-state index contributed by atoms with van der Waals surface area (Å²) in [7, 11) is 0. The minimum Gasteiger partial charge on any atom is -0.381 e. The number of hydrogen-bond acceptors (Lipinski definition) is 3. The molecule has 6 heteroatoms. The molecule has 2 N–H and O–H groups in total. The van der Waals surface area contributed by atoms with E-state index in [-0.39, 0.29) is 0 Å². The number of hydrogen-bond donors (Lipinski definition) is 1. The summed E-state index contributed by atoms with van der Waals surface area (Å²) in [5, 5.41) is 8.96. The van der Waals surface area contributed by atoms with Crippen LogP contribution in [0, 0.1) is 6.92 Å². The predicted octanol–water partition coefficient (Wildman–Crippen LogP) is 1.69. The van der Waals surface area contributed by atoms with Crippen LogP contribution in [0.3, 0.4) is 0 Å². The number of nitrogen functional groups attached to an aromatic ring is 1. The maximum atomic E-state index is 5.84. The number of aromatic nitrogens is 4. The van der Waals surface area contributed by atoms with E-state index in [0.29, 0.717) is 17.4 Å². The second kappa shape index (κ2) is 4.17. The van der Waals surface area contributed by atoms with Crippen LogP contribution in [0.2, 0.25) is 5.02 Å². The molecule has 0 radical (unpaired) electrons. The van der Waals surface area contributed by atoms with Gasteiger partial charge in [-0.1, -0.05) is 11.6 Å². The van der Waals surface area contributed by atoms with Crippen LogP contribution in [0.1, 0.15) is 18.3 Å². The SMILES string of the molecule is CCn1nc(C)cc1Cn1cc(Cl)c(N)n1. The molecule has 0 bridgehead atoms. The molecule has 16 heavy (non-hydrogen) atoms. The van der Waals surface area contributed by atoms with Crippen molar-refractivity contribution < 1.29 is 0 Å². The summed E-state index contributed by atoms with van der Waals surface area (Å²) >= 11 is 5.84. The molecule has 2 aromatic rings. The van der Waals surface area contributed by atoms with Crippen LogP contribution in [0.25, 0.3) is 0 Å². The zero-order chi connectivity index (χ0) is 11.7. The van der Waals surface area contributed by atoms with Crippen molar-refractivity contribution in [2.45, 2.75) is 26.9 Å². The Bertz CT molecular complexity index is 480. The van der Waals surface area contributed by atoms with E-state index < -0.39 is 0 Å². The fraction of sp³-hybridized carbons (Fsp3) is 0.400. The standard InChI is InChI=1S/C10H14ClN5/c1-3-16-8(4-7(2)13-16)5-15-6-9(11)10(12)14-15/h4,6H,3,5H2,1-2H3,(H2,12,14). The van der Waals surface area contributed by atoms with Gasteiger partial charge in [-0.3, -0.25) is 9.36 Å². The van der Waals surface area contributed by atoms with E-state index in [2.05, 4.69) is 17.1 Å². The summed E-state index contributed by atoms with van der Waals surface area (Å²) in [6.45, 7) is 5.50. The van der Waals surface area contributed by atoms with Gasteiger partial charge in [0, 0.05) is 12.7 Å². The average molecular weight is 240 g/mol. The van der Waals surface area contributed by atoms with E-state index in [0.717, 1.165) is 17.9 Å². The largest absolute Gasteiger partial charge is 0.381 e. The molecule has 0 spiro atoms. The monoisotopic (exact) mass is 239 g/mol. The highest BCUT2D eigenvalue weighted by atomic mass is 35.5. The highest BCUT2D eigenvalue weighted by molar-refractivity contribution is 6.32. The maximum absolute atomic E-state index is 5.84. The first-order valence-corrected chi connectivity index (χ1v) is 5.49. The molecule has 0 aliphatic carbocycles. The van der Waals surface area contributed by atoms with Gasteiger partial charge < -0.3 is 5.73 Å². The molecule has 86 valence electrons. The third kappa shape index (κ3) is 2.04. The minimum absolute atomic E-state index is 0.362. The normalized spacial score (nSPS) is 10.9. The number of rotatable bonds is 3. The molecule has 0 amide bonds. The van der Waals surface area contributed by atoms with Crippen LogP contribution in [0.4, 0.5) is 5.82 Å². The van der Waals surface area contributed by atoms with Crippen molar-refractivity contribution in [1.29, 1.82) is 0 Å². The fourth-order valence-electron chi connectivity index (χ4n) is 1.66. The molecule has 0 unspecified atom stereocenters. The quantitative estimate of drug-likeness (QED) is 0.887. The Labute approximate surface area is 98.8 Å². The molecule has 2 rings (SSSR count). The number of aryl methyl sites for hydroxylation is 2. The smallest absolute Gasteiger partial charge is 0.164 e. The van der Waals surface area contributed by atoms with E-state index >= 15 is 0 Å². The lowest BCUT2D eigenvalue weighted by Gasteiger charge is -2.04. The number of nitrogens with zero attached hydrogens (tertiary/aromatic N) is 4. The lowest BCUT2D eigenvalue weighted by molar-refractivity contribution is 0.576. The van der Waals surface area contributed by atoms with Crippen molar-refractivity contribution in [3.63, 3.8) is 0 Å². The molecule has 0 aliphatic rings. The van der Waals surface area contributed by atoms with E-state index in [1.54, 1.807) is 10.9 Å². The molecule has 2 aromatic heterocycles. The first-order valence-electron chi connectivity index (χ1n) is 5.12. The van der Waals surface area contributed by atoms with Crippen molar-refractivity contribution in [3.05, 3.63) is 28.7 Å². The van der Waals surface area contributed by atoms with E-state index in [4.69, 9.17) is 17.3 Å². The van der Waals surface area contributed by atoms with Gasteiger partial charge in [-0.15, -0.1) is 0 Å². The van der Waals surface area contributed by atoms with Crippen LogP contribution in [-0.2, 0) is 13.1 Å². The maximum Gasteiger partial charge on any atom is 0.164 e. The molecule has 0 fully saturated rings. The molecule has 0 aliphatic heterocycles. The highest BCUT2D eigenvalue weighted by Gasteiger charge is 2.07. The molecule has 0 saturated carbocycles. The van der Waals surface area contributed by atoms with Crippen molar-refractivity contribution in [2.24, 2.45) is 0 Å². The number of halogens is 1. The van der Waals surface area contributed by atoms with Crippen molar-refractivity contribution in [3.8, 4) is 0 Å². The van der Waals surface area contributed by atoms with E-state index in [1.807, 2.05) is 17.7 Å². The summed E-state index contributed by atoms with van der Waals surface area (Å²) in [5.74, 6) is 0.362. The van der Waals surface area contributed by atoms with Gasteiger partial charge in [0.05, 0.1) is 17.9 Å². The van der Waals surface area contributed by atoms with Crippen LogP contribution in [0.15, 0.2) is 12.3 Å². The second-order valence-electron chi connectivity index (χ2n) is 3.65. The molecular formula is C10H14ClN5. The van der Waals surface area contributed by atoms with Gasteiger partial charge in [-0.25, -0.2) is 0 Å². The first kappa shape index (κ1) is 11.0. The average Bonchev–Trinajstić information content (AvgIpc) is 2.72. The van der Waals surface area contributed by atoms with Crippen LogP contribution in [-0.4, -0.2) is 19.6 Å². The van der Waals surface area contributed by atoms with Gasteiger partial charge in [0.15, 0.2) is 5.82 Å². The van der Waals surface area contributed by atoms with Gasteiger partial charge in [-0.2, -0.15) is 10.2 Å². The summed E-state index contributed by atoms with van der Waals surface area (Å²) < 4.78 is 3.67. The molecule has 2 heterocycles. The van der Waals surface area contributed by atoms with Crippen LogP contribution >= 0.6 is 11.6 Å². The van der Waals surface area contributed by atoms with Gasteiger partial charge in [0.1, 0.15) is 5.02 Å². The van der Waals surface area contributed by atoms with Gasteiger partial charge >= 0.3 is 0 Å². The molecule has 0 saturated heterocycles. The third-order valence-corrected chi connectivity index (χ3v) is 2.64. The number of anilines is 1. The molecule has 5 nitrogen and oxygen atoms in total. The Balaban J connectivity index is 2.26. The summed E-state index contributed by atoms with van der Waals surface area (Å²) in [5.41, 5.74) is 7.68.